The van der Waals surface area contributed by atoms with Crippen LogP contribution in [-0.4, -0.2) is 64.8 Å². The lowest BCUT2D eigenvalue weighted by molar-refractivity contribution is -0.159. The van der Waals surface area contributed by atoms with Gasteiger partial charge in [0, 0.05) is 27.8 Å². The summed E-state index contributed by atoms with van der Waals surface area (Å²) < 4.78 is 22.6. The first-order valence-corrected chi connectivity index (χ1v) is 12.9. The van der Waals surface area contributed by atoms with Crippen LogP contribution < -0.4 is 0 Å². The van der Waals surface area contributed by atoms with Crippen LogP contribution in [0, 0.1) is 0 Å². The highest BCUT2D eigenvalue weighted by Gasteiger charge is 2.41. The van der Waals surface area contributed by atoms with E-state index in [2.05, 4.69) is 25.9 Å². The van der Waals surface area contributed by atoms with E-state index in [4.69, 9.17) is 18.9 Å². The summed E-state index contributed by atoms with van der Waals surface area (Å²) in [6, 6.07) is 6.50. The molecular formula is C26H28BrN3O8. The number of carbonyl (C=O) groups excluding carboxylic acids is 4. The minimum absolute atomic E-state index is 0.0213. The highest BCUT2D eigenvalue weighted by atomic mass is 79.9. The molecule has 0 aliphatic carbocycles. The Morgan fingerprint density at radius 2 is 1.24 bits per heavy atom. The smallest absolute Gasteiger partial charge is 0.326 e. The summed E-state index contributed by atoms with van der Waals surface area (Å²) in [6.07, 6.45) is 2.96. The Hall–Kier alpha value is -3.80. The molecule has 2 aromatic heterocycles. The second-order valence-electron chi connectivity index (χ2n) is 7.70. The van der Waals surface area contributed by atoms with Crippen molar-refractivity contribution in [1.82, 2.24) is 14.5 Å². The second-order valence-corrected chi connectivity index (χ2v) is 8.49. The topological polar surface area (TPSA) is 136 Å². The van der Waals surface area contributed by atoms with Gasteiger partial charge in [0.05, 0.1) is 37.6 Å². The number of esters is 4. The molecule has 0 saturated heterocycles. The maximum Gasteiger partial charge on any atom is 0.326 e. The summed E-state index contributed by atoms with van der Waals surface area (Å²) in [5.41, 5.74) is 0.623. The highest BCUT2D eigenvalue weighted by molar-refractivity contribution is 9.10. The molecule has 11 nitrogen and oxygen atoms in total. The fourth-order valence-electron chi connectivity index (χ4n) is 4.02. The lowest BCUT2D eigenvalue weighted by atomic mass is 9.97. The van der Waals surface area contributed by atoms with Gasteiger partial charge in [-0.25, -0.2) is 9.97 Å². The second kappa shape index (κ2) is 13.1. The molecule has 202 valence electrons. The average molecular weight is 590 g/mol. The Morgan fingerprint density at radius 1 is 0.763 bits per heavy atom. The zero-order valence-electron chi connectivity index (χ0n) is 21.4. The van der Waals surface area contributed by atoms with Gasteiger partial charge in [-0.1, -0.05) is 18.2 Å². The Bertz CT molecular complexity index is 1290. The van der Waals surface area contributed by atoms with Gasteiger partial charge < -0.3 is 18.9 Å². The first-order valence-electron chi connectivity index (χ1n) is 12.1. The van der Waals surface area contributed by atoms with Gasteiger partial charge >= 0.3 is 23.9 Å². The van der Waals surface area contributed by atoms with Crippen LogP contribution in [0.25, 0.3) is 16.9 Å². The van der Waals surface area contributed by atoms with E-state index in [1.807, 2.05) is 0 Å². The van der Waals surface area contributed by atoms with E-state index >= 15 is 0 Å². The highest BCUT2D eigenvalue weighted by Crippen LogP contribution is 2.41. The van der Waals surface area contributed by atoms with E-state index in [0.717, 1.165) is 0 Å². The van der Waals surface area contributed by atoms with E-state index in [1.54, 1.807) is 52.0 Å². The van der Waals surface area contributed by atoms with Crippen LogP contribution in [0.3, 0.4) is 0 Å². The summed E-state index contributed by atoms with van der Waals surface area (Å²) in [6.45, 7) is 6.60. The van der Waals surface area contributed by atoms with Gasteiger partial charge in [-0.2, -0.15) is 0 Å². The number of rotatable bonds is 11. The molecular weight excluding hydrogens is 562 g/mol. The quantitative estimate of drug-likeness (QED) is 0.185. The van der Waals surface area contributed by atoms with Crippen LogP contribution in [0.5, 0.6) is 0 Å². The molecule has 0 radical (unpaired) electrons. The molecule has 0 fully saturated rings. The first-order chi connectivity index (χ1) is 18.3. The van der Waals surface area contributed by atoms with Gasteiger partial charge in [-0.15, -0.1) is 0 Å². The first kappa shape index (κ1) is 28.8. The van der Waals surface area contributed by atoms with Crippen LogP contribution in [0.1, 0.15) is 50.8 Å². The van der Waals surface area contributed by atoms with Gasteiger partial charge in [0.25, 0.3) is 0 Å². The molecule has 0 aliphatic rings. The van der Waals surface area contributed by atoms with Gasteiger partial charge in [-0.05, 0) is 49.7 Å². The molecule has 2 heterocycles. The summed E-state index contributed by atoms with van der Waals surface area (Å²) in [4.78, 5) is 61.0. The third-order valence-corrected chi connectivity index (χ3v) is 6.25. The molecule has 0 saturated carbocycles. The SMILES string of the molecule is CCOC(=O)C(C(=O)OCC)c1cccc2c(Br)c(C(C(=O)OCC)C(=O)OCC)n(-c3ncccn3)c12. The van der Waals surface area contributed by atoms with Crippen molar-refractivity contribution in [3.05, 3.63) is 52.4 Å². The third kappa shape index (κ3) is 5.69. The predicted octanol–water partition coefficient (Wildman–Crippen LogP) is 3.60. The zero-order chi connectivity index (χ0) is 27.8. The fraction of sp³-hybridized carbons (Fsp3) is 0.385. The average Bonchev–Trinajstić information content (AvgIpc) is 3.18. The number of ether oxygens (including phenoxy) is 4. The van der Waals surface area contributed by atoms with Crippen molar-refractivity contribution in [2.75, 3.05) is 26.4 Å². The van der Waals surface area contributed by atoms with Gasteiger partial charge in [0.15, 0.2) is 11.8 Å². The maximum absolute atomic E-state index is 13.1. The molecule has 12 heteroatoms. The van der Waals surface area contributed by atoms with Crippen molar-refractivity contribution in [1.29, 1.82) is 0 Å². The van der Waals surface area contributed by atoms with Crippen molar-refractivity contribution in [3.8, 4) is 5.95 Å². The number of fused-ring (bicyclic) bond motifs is 1. The molecule has 0 amide bonds. The van der Waals surface area contributed by atoms with Crippen molar-refractivity contribution < 1.29 is 38.1 Å². The summed E-state index contributed by atoms with van der Waals surface area (Å²) in [5.74, 6) is -6.23. The van der Waals surface area contributed by atoms with Crippen LogP contribution >= 0.6 is 15.9 Å². The predicted molar refractivity (Wildman–Crippen MR) is 139 cm³/mol. The van der Waals surface area contributed by atoms with Crippen LogP contribution in [0.15, 0.2) is 41.1 Å². The van der Waals surface area contributed by atoms with Crippen molar-refractivity contribution in [3.63, 3.8) is 0 Å². The molecule has 0 aliphatic heterocycles. The summed E-state index contributed by atoms with van der Waals surface area (Å²) in [5, 5.41) is 0.474. The van der Waals surface area contributed by atoms with E-state index in [-0.39, 0.29) is 43.6 Å². The van der Waals surface area contributed by atoms with E-state index < -0.39 is 35.7 Å². The van der Waals surface area contributed by atoms with Gasteiger partial charge in [0.1, 0.15) is 0 Å². The molecule has 38 heavy (non-hydrogen) atoms. The zero-order valence-corrected chi connectivity index (χ0v) is 23.0. The lowest BCUT2D eigenvalue weighted by Gasteiger charge is -2.19. The number of benzene rings is 1. The monoisotopic (exact) mass is 589 g/mol. The number of aromatic nitrogens is 3. The van der Waals surface area contributed by atoms with Crippen LogP contribution in [0.2, 0.25) is 0 Å². The minimum Gasteiger partial charge on any atom is -0.465 e. The normalized spacial score (nSPS) is 11.0. The molecule has 0 atom stereocenters. The molecule has 0 unspecified atom stereocenters. The standard InChI is InChI=1S/C26H28BrN3O8/c1-5-35-22(31)17(23(32)36-6-2)15-11-9-12-16-19(27)21(18(24(33)37-7-3)25(34)38-8-4)30(20(15)16)26-28-13-10-14-29-26/h9-14,17-18H,5-8H2,1-4H3. The number of para-hydroxylation sites is 1. The fourth-order valence-corrected chi connectivity index (χ4v) is 4.75. The Balaban J connectivity index is 2.47. The summed E-state index contributed by atoms with van der Waals surface area (Å²) >= 11 is 3.53. The van der Waals surface area contributed by atoms with Gasteiger partial charge in [-0.3, -0.25) is 23.7 Å². The molecule has 0 spiro atoms. The van der Waals surface area contributed by atoms with Crippen molar-refractivity contribution >= 4 is 50.7 Å². The summed E-state index contributed by atoms with van der Waals surface area (Å²) in [7, 11) is 0. The van der Waals surface area contributed by atoms with E-state index in [9.17, 15) is 19.2 Å². The number of hydrogen-bond acceptors (Lipinski definition) is 10. The number of nitrogens with zero attached hydrogens (tertiary/aromatic N) is 3. The van der Waals surface area contributed by atoms with Gasteiger partial charge in [0.2, 0.25) is 5.95 Å². The van der Waals surface area contributed by atoms with E-state index in [1.165, 1.54) is 17.0 Å². The lowest BCUT2D eigenvalue weighted by Crippen LogP contribution is -2.29. The largest absolute Gasteiger partial charge is 0.465 e. The number of hydrogen-bond donors (Lipinski definition) is 0. The molecule has 1 aromatic carbocycles. The third-order valence-electron chi connectivity index (χ3n) is 5.42. The van der Waals surface area contributed by atoms with Crippen molar-refractivity contribution in [2.45, 2.75) is 39.5 Å². The van der Waals surface area contributed by atoms with Crippen LogP contribution in [-0.2, 0) is 38.1 Å². The molecule has 0 bridgehead atoms. The minimum atomic E-state index is -1.53. The maximum atomic E-state index is 13.1. The Kier molecular flexibility index (Phi) is 9.94. The van der Waals surface area contributed by atoms with Crippen molar-refractivity contribution in [2.24, 2.45) is 0 Å². The Morgan fingerprint density at radius 3 is 1.71 bits per heavy atom. The molecule has 3 rings (SSSR count). The Labute approximate surface area is 227 Å². The number of halogens is 1. The van der Waals surface area contributed by atoms with Crippen LogP contribution in [0.4, 0.5) is 0 Å². The molecule has 0 N–H and O–H groups in total. The van der Waals surface area contributed by atoms with E-state index in [0.29, 0.717) is 15.4 Å². The number of carbonyl (C=O) groups is 4. The molecule has 3 aromatic rings.